The van der Waals surface area contributed by atoms with Crippen LogP contribution in [0.3, 0.4) is 0 Å². The fraction of sp³-hybridized carbons (Fsp3) is 0.643. The molecular formula is C14H22N6. The molecule has 2 heterocycles. The Balaban J connectivity index is 1.88. The van der Waals surface area contributed by atoms with E-state index in [4.69, 9.17) is 11.0 Å². The maximum absolute atomic E-state index is 8.78. The number of likely N-dealkylation sites (tertiary alicyclic amines) is 1. The van der Waals surface area contributed by atoms with Gasteiger partial charge in [-0.3, -0.25) is 4.90 Å². The highest BCUT2D eigenvalue weighted by Crippen LogP contribution is 2.24. The topological polar surface area (TPSA) is 90.9 Å². The summed E-state index contributed by atoms with van der Waals surface area (Å²) in [5.74, 6) is 1.32. The second-order valence-corrected chi connectivity index (χ2v) is 6.26. The third kappa shape index (κ3) is 3.36. The maximum Gasteiger partial charge on any atom is 0.224 e. The molecule has 0 saturated carbocycles. The number of hydrogen-bond acceptors (Lipinski definition) is 6. The van der Waals surface area contributed by atoms with Gasteiger partial charge < -0.3 is 11.1 Å². The molecule has 1 fully saturated rings. The number of nitrogen functional groups attached to an aromatic ring is 1. The van der Waals surface area contributed by atoms with Crippen molar-refractivity contribution in [2.45, 2.75) is 32.7 Å². The molecule has 108 valence electrons. The van der Waals surface area contributed by atoms with E-state index in [0.29, 0.717) is 17.4 Å². The van der Waals surface area contributed by atoms with Crippen LogP contribution in [0.15, 0.2) is 6.20 Å². The van der Waals surface area contributed by atoms with E-state index in [1.54, 1.807) is 0 Å². The molecule has 3 N–H and O–H groups in total. The Morgan fingerprint density at radius 2 is 2.30 bits per heavy atom. The third-order valence-electron chi connectivity index (χ3n) is 3.72. The molecule has 6 nitrogen and oxygen atoms in total. The zero-order valence-corrected chi connectivity index (χ0v) is 12.3. The van der Waals surface area contributed by atoms with Crippen LogP contribution in [0.1, 0.15) is 32.8 Å². The van der Waals surface area contributed by atoms with Gasteiger partial charge in [-0.05, 0) is 39.7 Å². The molecule has 1 saturated heterocycles. The Hall–Kier alpha value is -1.87. The standard InChI is InChI=1S/C14H22N6/c1-14(2,3)20-5-4-10(9-20)7-17-13-18-8-11(6-15)12(16)19-13/h8,10H,4-5,7,9H2,1-3H3,(H3,16,17,18,19)/t10-/m1/s1. The van der Waals surface area contributed by atoms with Gasteiger partial charge in [0.2, 0.25) is 5.95 Å². The second-order valence-electron chi connectivity index (χ2n) is 6.26. The van der Waals surface area contributed by atoms with E-state index in [0.717, 1.165) is 19.6 Å². The first kappa shape index (κ1) is 14.5. The van der Waals surface area contributed by atoms with Crippen molar-refractivity contribution in [3.8, 4) is 6.07 Å². The smallest absolute Gasteiger partial charge is 0.224 e. The van der Waals surface area contributed by atoms with Gasteiger partial charge in [0, 0.05) is 18.6 Å². The lowest BCUT2D eigenvalue weighted by Crippen LogP contribution is -2.39. The summed E-state index contributed by atoms with van der Waals surface area (Å²) >= 11 is 0. The predicted molar refractivity (Wildman–Crippen MR) is 79.1 cm³/mol. The summed E-state index contributed by atoms with van der Waals surface area (Å²) in [5.41, 5.74) is 6.21. The van der Waals surface area contributed by atoms with Crippen LogP contribution in [0.5, 0.6) is 0 Å². The Morgan fingerprint density at radius 1 is 1.55 bits per heavy atom. The van der Waals surface area contributed by atoms with Gasteiger partial charge >= 0.3 is 0 Å². The van der Waals surface area contributed by atoms with Crippen LogP contribution in [-0.2, 0) is 0 Å². The third-order valence-corrected chi connectivity index (χ3v) is 3.72. The number of rotatable bonds is 3. The van der Waals surface area contributed by atoms with Crippen molar-refractivity contribution in [2.24, 2.45) is 5.92 Å². The van der Waals surface area contributed by atoms with E-state index in [9.17, 15) is 0 Å². The largest absolute Gasteiger partial charge is 0.382 e. The Morgan fingerprint density at radius 3 is 2.85 bits per heavy atom. The summed E-state index contributed by atoms with van der Waals surface area (Å²) in [6, 6.07) is 1.96. The van der Waals surface area contributed by atoms with Crippen LogP contribution in [-0.4, -0.2) is 40.0 Å². The van der Waals surface area contributed by atoms with E-state index in [2.05, 4.69) is 41.0 Å². The molecule has 1 aromatic rings. The fourth-order valence-electron chi connectivity index (χ4n) is 2.41. The quantitative estimate of drug-likeness (QED) is 0.867. The highest BCUT2D eigenvalue weighted by atomic mass is 15.2. The van der Waals surface area contributed by atoms with Crippen molar-refractivity contribution >= 4 is 11.8 Å². The molecule has 0 amide bonds. The zero-order valence-electron chi connectivity index (χ0n) is 12.3. The van der Waals surface area contributed by atoms with Gasteiger partial charge in [0.25, 0.3) is 0 Å². The molecule has 1 aliphatic heterocycles. The highest BCUT2D eigenvalue weighted by molar-refractivity contribution is 5.49. The average Bonchev–Trinajstić information content (AvgIpc) is 2.85. The molecule has 0 spiro atoms. The molecule has 1 atom stereocenters. The lowest BCUT2D eigenvalue weighted by molar-refractivity contribution is 0.169. The van der Waals surface area contributed by atoms with Gasteiger partial charge in [-0.1, -0.05) is 0 Å². The van der Waals surface area contributed by atoms with Crippen LogP contribution in [0, 0.1) is 17.2 Å². The number of anilines is 2. The molecule has 0 aliphatic carbocycles. The Labute approximate surface area is 120 Å². The van der Waals surface area contributed by atoms with Crippen molar-refractivity contribution in [3.63, 3.8) is 0 Å². The van der Waals surface area contributed by atoms with Crippen molar-refractivity contribution < 1.29 is 0 Å². The molecule has 2 rings (SSSR count). The first-order valence-corrected chi connectivity index (χ1v) is 6.91. The van der Waals surface area contributed by atoms with Crippen LogP contribution in [0.4, 0.5) is 11.8 Å². The van der Waals surface area contributed by atoms with Gasteiger partial charge in [-0.25, -0.2) is 4.98 Å². The fourth-order valence-corrected chi connectivity index (χ4v) is 2.41. The minimum Gasteiger partial charge on any atom is -0.382 e. The van der Waals surface area contributed by atoms with Crippen molar-refractivity contribution in [3.05, 3.63) is 11.8 Å². The summed E-state index contributed by atoms with van der Waals surface area (Å²) in [4.78, 5) is 10.7. The zero-order chi connectivity index (χ0) is 14.8. The molecule has 0 unspecified atom stereocenters. The van der Waals surface area contributed by atoms with E-state index >= 15 is 0 Å². The normalized spacial score (nSPS) is 19.8. The monoisotopic (exact) mass is 274 g/mol. The van der Waals surface area contributed by atoms with Crippen LogP contribution in [0.25, 0.3) is 0 Å². The van der Waals surface area contributed by atoms with Gasteiger partial charge in [-0.15, -0.1) is 0 Å². The first-order chi connectivity index (χ1) is 9.40. The lowest BCUT2D eigenvalue weighted by atomic mass is 10.1. The highest BCUT2D eigenvalue weighted by Gasteiger charge is 2.29. The van der Waals surface area contributed by atoms with Gasteiger partial charge in [0.1, 0.15) is 17.5 Å². The summed E-state index contributed by atoms with van der Waals surface area (Å²) in [6.45, 7) is 9.78. The minimum absolute atomic E-state index is 0.226. The van der Waals surface area contributed by atoms with E-state index in [1.165, 1.54) is 12.6 Å². The number of aromatic nitrogens is 2. The predicted octanol–water partition coefficient (Wildman–Crippen LogP) is 1.46. The summed E-state index contributed by atoms with van der Waals surface area (Å²) in [6.07, 6.45) is 2.64. The molecule has 0 aromatic carbocycles. The molecule has 20 heavy (non-hydrogen) atoms. The maximum atomic E-state index is 8.78. The second kappa shape index (κ2) is 5.63. The average molecular weight is 274 g/mol. The number of nitriles is 1. The summed E-state index contributed by atoms with van der Waals surface area (Å²) in [5, 5.41) is 12.0. The molecule has 0 bridgehead atoms. The minimum atomic E-state index is 0.226. The SMILES string of the molecule is CC(C)(C)N1CC[C@H](CNc2ncc(C#N)c(N)n2)C1. The van der Waals surface area contributed by atoms with E-state index in [-0.39, 0.29) is 11.4 Å². The molecule has 1 aliphatic rings. The molecule has 6 heteroatoms. The Bertz CT molecular complexity index is 513. The number of nitrogens with zero attached hydrogens (tertiary/aromatic N) is 4. The van der Waals surface area contributed by atoms with Gasteiger partial charge in [-0.2, -0.15) is 10.2 Å². The number of nitrogens with one attached hydrogen (secondary N) is 1. The van der Waals surface area contributed by atoms with Gasteiger partial charge in [0.05, 0.1) is 6.20 Å². The summed E-state index contributed by atoms with van der Waals surface area (Å²) < 4.78 is 0. The van der Waals surface area contributed by atoms with Gasteiger partial charge in [0.15, 0.2) is 0 Å². The van der Waals surface area contributed by atoms with Crippen molar-refractivity contribution in [1.29, 1.82) is 5.26 Å². The first-order valence-electron chi connectivity index (χ1n) is 6.91. The van der Waals surface area contributed by atoms with Crippen LogP contribution >= 0.6 is 0 Å². The van der Waals surface area contributed by atoms with Crippen LogP contribution in [0.2, 0.25) is 0 Å². The summed E-state index contributed by atoms with van der Waals surface area (Å²) in [7, 11) is 0. The number of hydrogen-bond donors (Lipinski definition) is 2. The van der Waals surface area contributed by atoms with Crippen LogP contribution < -0.4 is 11.1 Å². The van der Waals surface area contributed by atoms with E-state index in [1.807, 2.05) is 6.07 Å². The molecular weight excluding hydrogens is 252 g/mol. The molecule has 0 radical (unpaired) electrons. The van der Waals surface area contributed by atoms with E-state index < -0.39 is 0 Å². The van der Waals surface area contributed by atoms with Crippen molar-refractivity contribution in [2.75, 3.05) is 30.7 Å². The number of nitrogens with two attached hydrogens (primary N) is 1. The Kier molecular flexibility index (Phi) is 4.09. The lowest BCUT2D eigenvalue weighted by Gasteiger charge is -2.31. The molecule has 1 aromatic heterocycles. The van der Waals surface area contributed by atoms with Crippen molar-refractivity contribution in [1.82, 2.24) is 14.9 Å².